The first-order valence-corrected chi connectivity index (χ1v) is 14.6. The molecule has 0 saturated carbocycles. The Morgan fingerprint density at radius 3 is 2.69 bits per heavy atom. The number of aryl methyl sites for hydroxylation is 1. The van der Waals surface area contributed by atoms with Gasteiger partial charge in [0.2, 0.25) is 0 Å². The van der Waals surface area contributed by atoms with Crippen LogP contribution in [0.2, 0.25) is 0 Å². The molecule has 0 aliphatic heterocycles. The van der Waals surface area contributed by atoms with Gasteiger partial charge in [0.25, 0.3) is 15.6 Å². The van der Waals surface area contributed by atoms with Crippen molar-refractivity contribution < 1.29 is 27.1 Å². The summed E-state index contributed by atoms with van der Waals surface area (Å²) < 4.78 is 53.1. The molecule has 0 unspecified atom stereocenters. The van der Waals surface area contributed by atoms with Gasteiger partial charge in [-0.1, -0.05) is 6.92 Å². The lowest BCUT2D eigenvalue weighted by molar-refractivity contribution is 0.0319. The van der Waals surface area contributed by atoms with Crippen molar-refractivity contribution in [1.82, 2.24) is 9.97 Å². The molecule has 5 rings (SSSR count). The quantitative estimate of drug-likeness (QED) is 0.300. The van der Waals surface area contributed by atoms with E-state index in [0.717, 1.165) is 47.9 Å². The van der Waals surface area contributed by atoms with Crippen LogP contribution in [0.25, 0.3) is 10.2 Å². The van der Waals surface area contributed by atoms with Crippen molar-refractivity contribution in [3.8, 4) is 5.75 Å². The van der Waals surface area contributed by atoms with Crippen LogP contribution in [0.5, 0.6) is 5.75 Å². The lowest BCUT2D eigenvalue weighted by atomic mass is 9.89. The van der Waals surface area contributed by atoms with Crippen LogP contribution in [-0.2, 0) is 27.6 Å². The molecule has 2 heterocycles. The van der Waals surface area contributed by atoms with Gasteiger partial charge in [0.05, 0.1) is 18.1 Å². The van der Waals surface area contributed by atoms with E-state index >= 15 is 0 Å². The van der Waals surface area contributed by atoms with Crippen molar-refractivity contribution in [2.45, 2.75) is 44.1 Å². The van der Waals surface area contributed by atoms with Gasteiger partial charge in [-0.25, -0.2) is 22.6 Å². The molecule has 0 spiro atoms. The van der Waals surface area contributed by atoms with Crippen molar-refractivity contribution in [3.05, 3.63) is 80.5 Å². The number of nitrogens with one attached hydrogen (secondary N) is 2. The van der Waals surface area contributed by atoms with E-state index in [2.05, 4.69) is 21.6 Å². The molecule has 0 bridgehead atoms. The van der Waals surface area contributed by atoms with Gasteiger partial charge in [-0.3, -0.25) is 9.52 Å². The van der Waals surface area contributed by atoms with Gasteiger partial charge in [0.1, 0.15) is 21.3 Å². The molecule has 2 aromatic carbocycles. The van der Waals surface area contributed by atoms with E-state index in [4.69, 9.17) is 9.47 Å². The smallest absolute Gasteiger partial charge is 0.338 e. The number of carbonyl (C=O) groups is 1. The summed E-state index contributed by atoms with van der Waals surface area (Å²) in [6, 6.07) is 8.94. The summed E-state index contributed by atoms with van der Waals surface area (Å²) in [5, 5.41) is 0.585. The zero-order valence-corrected chi connectivity index (χ0v) is 23.0. The number of thiophene rings is 1. The largest absolute Gasteiger partial charge is 0.497 e. The van der Waals surface area contributed by atoms with Gasteiger partial charge >= 0.3 is 5.97 Å². The minimum atomic E-state index is -4.37. The summed E-state index contributed by atoms with van der Waals surface area (Å²) in [6.07, 6.45) is 1.79. The Labute approximate surface area is 228 Å². The zero-order valence-electron chi connectivity index (χ0n) is 21.4. The van der Waals surface area contributed by atoms with Crippen LogP contribution in [0, 0.1) is 11.7 Å². The molecule has 0 amide bonds. The van der Waals surface area contributed by atoms with Gasteiger partial charge < -0.3 is 14.5 Å². The number of carbonyl (C=O) groups excluding carboxylic acids is 1. The number of aromatic amines is 1. The Kier molecular flexibility index (Phi) is 7.17. The molecule has 2 atom stereocenters. The molecule has 0 fully saturated rings. The molecular formula is C27H26FN3O6S2. The van der Waals surface area contributed by atoms with Crippen LogP contribution in [0.1, 0.15) is 53.0 Å². The first-order chi connectivity index (χ1) is 18.6. The maximum absolute atomic E-state index is 14.6. The molecule has 0 radical (unpaired) electrons. The third-order valence-electron chi connectivity index (χ3n) is 6.65. The number of esters is 1. The fraction of sp³-hybridized carbons (Fsp3) is 0.296. The third-order valence-corrected chi connectivity index (χ3v) is 9.20. The zero-order chi connectivity index (χ0) is 27.9. The summed E-state index contributed by atoms with van der Waals surface area (Å²) >= 11 is 1.48. The summed E-state index contributed by atoms with van der Waals surface area (Å²) in [7, 11) is -2.89. The molecule has 9 nitrogen and oxygen atoms in total. The number of aromatic nitrogens is 2. The number of fused-ring (bicyclic) bond motifs is 3. The number of sulfonamides is 1. The maximum Gasteiger partial charge on any atom is 0.338 e. The summed E-state index contributed by atoms with van der Waals surface area (Å²) in [6.45, 7) is 3.73. The van der Waals surface area contributed by atoms with E-state index in [1.165, 1.54) is 30.6 Å². The highest BCUT2D eigenvalue weighted by Crippen LogP contribution is 2.36. The van der Waals surface area contributed by atoms with Crippen LogP contribution in [-0.4, -0.2) is 31.5 Å². The fourth-order valence-corrected chi connectivity index (χ4v) is 7.10. The number of H-pyrrole nitrogens is 1. The average Bonchev–Trinajstić information content (AvgIpc) is 3.26. The van der Waals surface area contributed by atoms with Gasteiger partial charge in [0, 0.05) is 10.6 Å². The third kappa shape index (κ3) is 5.39. The van der Waals surface area contributed by atoms with Gasteiger partial charge in [-0.15, -0.1) is 11.3 Å². The van der Waals surface area contributed by atoms with Crippen LogP contribution >= 0.6 is 11.3 Å². The Balaban J connectivity index is 1.37. The molecule has 2 N–H and O–H groups in total. The minimum Gasteiger partial charge on any atom is -0.497 e. The van der Waals surface area contributed by atoms with Crippen molar-refractivity contribution >= 4 is 43.2 Å². The Bertz CT molecular complexity index is 1730. The molecule has 1 aliphatic rings. The second kappa shape index (κ2) is 10.4. The van der Waals surface area contributed by atoms with Crippen molar-refractivity contribution in [1.29, 1.82) is 0 Å². The van der Waals surface area contributed by atoms with Crippen molar-refractivity contribution in [2.75, 3.05) is 11.8 Å². The number of rotatable bonds is 7. The van der Waals surface area contributed by atoms with Crippen LogP contribution in [0.3, 0.4) is 0 Å². The van der Waals surface area contributed by atoms with Crippen molar-refractivity contribution in [2.24, 2.45) is 5.92 Å². The van der Waals surface area contributed by atoms with Gasteiger partial charge in [-0.05, 0) is 80.1 Å². The number of hydrogen-bond donors (Lipinski definition) is 2. The molecule has 0 saturated heterocycles. The Hall–Kier alpha value is -3.77. The average molecular weight is 572 g/mol. The van der Waals surface area contributed by atoms with Crippen LogP contribution < -0.4 is 15.0 Å². The first kappa shape index (κ1) is 26.8. The van der Waals surface area contributed by atoms with Crippen LogP contribution in [0.15, 0.2) is 52.2 Å². The SMILES string of the molecule is COc1ccc(NS(=O)(=O)c2cc(C(=O)O[C@H](C)c3nc4sc5c(c4c(=O)[nH]3)CC[C@@H](C)C5)ccc2F)cc1. The highest BCUT2D eigenvalue weighted by atomic mass is 32.2. The number of nitrogens with zero attached hydrogens (tertiary/aromatic N) is 1. The fourth-order valence-electron chi connectivity index (χ4n) is 4.55. The predicted molar refractivity (Wildman–Crippen MR) is 145 cm³/mol. The maximum atomic E-state index is 14.6. The van der Waals surface area contributed by atoms with E-state index in [9.17, 15) is 22.4 Å². The number of benzene rings is 2. The van der Waals surface area contributed by atoms with E-state index in [0.29, 0.717) is 21.9 Å². The number of hydrogen-bond acceptors (Lipinski definition) is 8. The molecule has 204 valence electrons. The molecule has 2 aromatic heterocycles. The van der Waals surface area contributed by atoms with Crippen molar-refractivity contribution in [3.63, 3.8) is 0 Å². The number of halogens is 1. The highest BCUT2D eigenvalue weighted by Gasteiger charge is 2.26. The summed E-state index contributed by atoms with van der Waals surface area (Å²) in [5.41, 5.74) is 0.764. The van der Waals surface area contributed by atoms with E-state index < -0.39 is 32.8 Å². The normalized spacial score (nSPS) is 15.9. The Morgan fingerprint density at radius 1 is 1.23 bits per heavy atom. The molecule has 39 heavy (non-hydrogen) atoms. The van der Waals surface area contributed by atoms with E-state index in [1.54, 1.807) is 19.1 Å². The molecular weight excluding hydrogens is 545 g/mol. The van der Waals surface area contributed by atoms with Crippen LogP contribution in [0.4, 0.5) is 10.1 Å². The molecule has 4 aromatic rings. The lowest BCUT2D eigenvalue weighted by Crippen LogP contribution is -2.19. The minimum absolute atomic E-state index is 0.170. The second-order valence-electron chi connectivity index (χ2n) is 9.51. The lowest BCUT2D eigenvalue weighted by Gasteiger charge is -2.17. The highest BCUT2D eigenvalue weighted by molar-refractivity contribution is 7.92. The van der Waals surface area contributed by atoms with E-state index in [1.807, 2.05) is 0 Å². The summed E-state index contributed by atoms with van der Waals surface area (Å²) in [5.74, 6) is -0.701. The number of ether oxygens (including phenoxy) is 2. The second-order valence-corrected chi connectivity index (χ2v) is 12.2. The number of anilines is 1. The predicted octanol–water partition coefficient (Wildman–Crippen LogP) is 4.98. The summed E-state index contributed by atoms with van der Waals surface area (Å²) in [4.78, 5) is 34.1. The molecule has 1 aliphatic carbocycles. The standard InChI is InChI=1S/C27H26FN3O6S2/c1-14-4-10-19-21(12-14)38-26-23(19)25(32)29-24(30-26)15(2)37-27(33)16-5-11-20(28)22(13-16)39(34,35)31-17-6-8-18(36-3)9-7-17/h5-9,11,13-15,31H,4,10,12H2,1-3H3,(H,29,30,32)/t14-,15-/m1/s1. The monoisotopic (exact) mass is 571 g/mol. The van der Waals surface area contributed by atoms with E-state index in [-0.39, 0.29) is 22.6 Å². The van der Waals surface area contributed by atoms with Gasteiger partial charge in [0.15, 0.2) is 11.9 Å². The van der Waals surface area contributed by atoms with Gasteiger partial charge in [-0.2, -0.15) is 0 Å². The Morgan fingerprint density at radius 2 is 1.97 bits per heavy atom. The molecule has 12 heteroatoms. The number of methoxy groups -OCH3 is 1. The first-order valence-electron chi connectivity index (χ1n) is 12.3. The topological polar surface area (TPSA) is 127 Å².